The highest BCUT2D eigenvalue weighted by atomic mass is 16.2. The lowest BCUT2D eigenvalue weighted by molar-refractivity contribution is -0.114. The van der Waals surface area contributed by atoms with E-state index in [1.165, 1.54) is 19.8 Å². The van der Waals surface area contributed by atoms with Crippen LogP contribution in [0.1, 0.15) is 30.3 Å². The molecule has 1 aliphatic heterocycles. The molecule has 1 aromatic heterocycles. The predicted octanol–water partition coefficient (Wildman–Crippen LogP) is 2.89. The van der Waals surface area contributed by atoms with E-state index in [0.717, 1.165) is 18.8 Å². The van der Waals surface area contributed by atoms with Gasteiger partial charge in [-0.2, -0.15) is 0 Å². The number of hydrogen-bond acceptors (Lipinski definition) is 4. The highest BCUT2D eigenvalue weighted by molar-refractivity contribution is 6.03. The Morgan fingerprint density at radius 2 is 1.58 bits per heavy atom. The molecule has 0 unspecified atom stereocenters. The van der Waals surface area contributed by atoms with Gasteiger partial charge in [-0.15, -0.1) is 0 Å². The summed E-state index contributed by atoms with van der Waals surface area (Å²) >= 11 is 0. The van der Waals surface area contributed by atoms with Crippen molar-refractivity contribution in [2.45, 2.75) is 19.8 Å². The first-order valence-electron chi connectivity index (χ1n) is 8.02. The maximum absolute atomic E-state index is 12.3. The van der Waals surface area contributed by atoms with Gasteiger partial charge in [-0.05, 0) is 49.2 Å². The molecule has 0 spiro atoms. The summed E-state index contributed by atoms with van der Waals surface area (Å²) in [5, 5.41) is 5.48. The van der Waals surface area contributed by atoms with Gasteiger partial charge in [-0.3, -0.25) is 9.59 Å². The minimum atomic E-state index is -0.254. The Morgan fingerprint density at radius 1 is 0.958 bits per heavy atom. The van der Waals surface area contributed by atoms with Gasteiger partial charge in [0.2, 0.25) is 5.91 Å². The molecule has 2 aromatic rings. The monoisotopic (exact) mass is 324 g/mol. The Morgan fingerprint density at radius 3 is 2.12 bits per heavy atom. The molecule has 24 heavy (non-hydrogen) atoms. The van der Waals surface area contributed by atoms with Crippen LogP contribution in [0.2, 0.25) is 0 Å². The molecule has 124 valence electrons. The number of carbonyl (C=O) groups is 2. The molecule has 6 nitrogen and oxygen atoms in total. The van der Waals surface area contributed by atoms with E-state index in [0.29, 0.717) is 17.1 Å². The summed E-state index contributed by atoms with van der Waals surface area (Å²) in [6.45, 7) is 3.55. The molecule has 2 amide bonds. The molecular weight excluding hydrogens is 304 g/mol. The number of rotatable bonds is 4. The average molecular weight is 324 g/mol. The zero-order valence-corrected chi connectivity index (χ0v) is 13.6. The van der Waals surface area contributed by atoms with E-state index in [2.05, 4.69) is 20.5 Å². The highest BCUT2D eigenvalue weighted by Gasteiger charge is 2.14. The van der Waals surface area contributed by atoms with Crippen molar-refractivity contribution in [2.75, 3.05) is 28.6 Å². The van der Waals surface area contributed by atoms with E-state index in [4.69, 9.17) is 0 Å². The van der Waals surface area contributed by atoms with Crippen LogP contribution >= 0.6 is 0 Å². The molecular formula is C18H20N4O2. The van der Waals surface area contributed by atoms with Gasteiger partial charge < -0.3 is 15.5 Å². The molecule has 0 saturated carbocycles. The van der Waals surface area contributed by atoms with Gasteiger partial charge in [0.1, 0.15) is 5.69 Å². The number of anilines is 3. The van der Waals surface area contributed by atoms with E-state index in [1.54, 1.807) is 36.5 Å². The topological polar surface area (TPSA) is 74.3 Å². The van der Waals surface area contributed by atoms with Gasteiger partial charge in [-0.25, -0.2) is 4.98 Å². The fraction of sp³-hybridized carbons (Fsp3) is 0.278. The van der Waals surface area contributed by atoms with Crippen LogP contribution in [0.4, 0.5) is 17.1 Å². The molecule has 1 saturated heterocycles. The highest BCUT2D eigenvalue weighted by Crippen LogP contribution is 2.19. The minimum Gasteiger partial charge on any atom is -0.370 e. The van der Waals surface area contributed by atoms with Crippen molar-refractivity contribution in [1.29, 1.82) is 0 Å². The van der Waals surface area contributed by atoms with E-state index < -0.39 is 0 Å². The third-order valence-corrected chi connectivity index (χ3v) is 3.91. The van der Waals surface area contributed by atoms with E-state index in [-0.39, 0.29) is 11.8 Å². The Bertz CT molecular complexity index is 720. The predicted molar refractivity (Wildman–Crippen MR) is 94.4 cm³/mol. The first-order valence-corrected chi connectivity index (χ1v) is 8.02. The second-order valence-electron chi connectivity index (χ2n) is 5.81. The molecule has 3 rings (SSSR count). The lowest BCUT2D eigenvalue weighted by Gasteiger charge is -2.17. The summed E-state index contributed by atoms with van der Waals surface area (Å²) in [6.07, 6.45) is 4.16. The number of nitrogens with one attached hydrogen (secondary N) is 2. The summed E-state index contributed by atoms with van der Waals surface area (Å²) in [5.41, 5.74) is 2.78. The summed E-state index contributed by atoms with van der Waals surface area (Å²) in [6, 6.07) is 10.6. The smallest absolute Gasteiger partial charge is 0.274 e. The Kier molecular flexibility index (Phi) is 4.74. The van der Waals surface area contributed by atoms with Crippen molar-refractivity contribution < 1.29 is 9.59 Å². The Balaban J connectivity index is 1.62. The second kappa shape index (κ2) is 7.12. The van der Waals surface area contributed by atoms with E-state index in [9.17, 15) is 9.59 Å². The molecule has 1 aromatic carbocycles. The van der Waals surface area contributed by atoms with Crippen LogP contribution in [0, 0.1) is 0 Å². The number of nitrogens with zero attached hydrogens (tertiary/aromatic N) is 2. The third-order valence-electron chi connectivity index (χ3n) is 3.91. The Hall–Kier alpha value is -2.89. The third kappa shape index (κ3) is 3.90. The molecule has 0 radical (unpaired) electrons. The maximum Gasteiger partial charge on any atom is 0.274 e. The molecule has 0 atom stereocenters. The van der Waals surface area contributed by atoms with Crippen molar-refractivity contribution in [3.8, 4) is 0 Å². The first kappa shape index (κ1) is 16.0. The summed E-state index contributed by atoms with van der Waals surface area (Å²) in [7, 11) is 0. The van der Waals surface area contributed by atoms with Gasteiger partial charge in [0.25, 0.3) is 5.91 Å². The molecule has 6 heteroatoms. The summed E-state index contributed by atoms with van der Waals surface area (Å²) in [5.74, 6) is -0.385. The number of carbonyl (C=O) groups excluding carboxylic acids is 2. The Labute approximate surface area is 140 Å². The molecule has 2 heterocycles. The summed E-state index contributed by atoms with van der Waals surface area (Å²) in [4.78, 5) is 29.8. The van der Waals surface area contributed by atoms with Crippen LogP contribution in [0.5, 0.6) is 0 Å². The summed E-state index contributed by atoms with van der Waals surface area (Å²) < 4.78 is 0. The number of benzene rings is 1. The van der Waals surface area contributed by atoms with Crippen LogP contribution in [0.3, 0.4) is 0 Å². The van der Waals surface area contributed by atoms with Crippen molar-refractivity contribution in [3.63, 3.8) is 0 Å². The zero-order valence-electron chi connectivity index (χ0n) is 13.6. The fourth-order valence-corrected chi connectivity index (χ4v) is 2.72. The molecule has 0 aliphatic carbocycles. The molecule has 2 N–H and O–H groups in total. The van der Waals surface area contributed by atoms with Crippen molar-refractivity contribution in [3.05, 3.63) is 48.3 Å². The maximum atomic E-state index is 12.3. The number of amides is 2. The van der Waals surface area contributed by atoms with Crippen molar-refractivity contribution in [2.24, 2.45) is 0 Å². The van der Waals surface area contributed by atoms with Crippen LogP contribution in [-0.4, -0.2) is 29.9 Å². The average Bonchev–Trinajstić information content (AvgIpc) is 3.11. The standard InChI is InChI=1S/C18H20N4O2/c1-13(23)20-14-4-6-15(7-5-14)21-18(24)17-9-8-16(12-19-17)22-10-2-3-11-22/h4-9,12H,2-3,10-11H2,1H3,(H,20,23)(H,21,24). The van der Waals surface area contributed by atoms with Crippen LogP contribution in [0.25, 0.3) is 0 Å². The van der Waals surface area contributed by atoms with Gasteiger partial charge in [0, 0.05) is 31.4 Å². The lowest BCUT2D eigenvalue weighted by Crippen LogP contribution is -2.19. The quantitative estimate of drug-likeness (QED) is 0.907. The van der Waals surface area contributed by atoms with E-state index >= 15 is 0 Å². The van der Waals surface area contributed by atoms with Gasteiger partial charge >= 0.3 is 0 Å². The van der Waals surface area contributed by atoms with Crippen molar-refractivity contribution in [1.82, 2.24) is 4.98 Å². The SMILES string of the molecule is CC(=O)Nc1ccc(NC(=O)c2ccc(N3CCCC3)cn2)cc1. The molecule has 1 aliphatic rings. The van der Waals surface area contributed by atoms with Crippen LogP contribution in [0.15, 0.2) is 42.6 Å². The van der Waals surface area contributed by atoms with Gasteiger partial charge in [-0.1, -0.05) is 0 Å². The number of pyridine rings is 1. The molecule has 0 bridgehead atoms. The first-order chi connectivity index (χ1) is 11.6. The molecule has 1 fully saturated rings. The fourth-order valence-electron chi connectivity index (χ4n) is 2.72. The van der Waals surface area contributed by atoms with Gasteiger partial charge in [0.05, 0.1) is 11.9 Å². The van der Waals surface area contributed by atoms with Gasteiger partial charge in [0.15, 0.2) is 0 Å². The second-order valence-corrected chi connectivity index (χ2v) is 5.81. The van der Waals surface area contributed by atoms with Crippen LogP contribution < -0.4 is 15.5 Å². The largest absolute Gasteiger partial charge is 0.370 e. The van der Waals surface area contributed by atoms with E-state index in [1.807, 2.05) is 6.07 Å². The number of hydrogen-bond donors (Lipinski definition) is 2. The zero-order chi connectivity index (χ0) is 16.9. The lowest BCUT2D eigenvalue weighted by atomic mass is 10.2. The van der Waals surface area contributed by atoms with Crippen LogP contribution in [-0.2, 0) is 4.79 Å². The number of aromatic nitrogens is 1. The normalized spacial score (nSPS) is 13.6. The minimum absolute atomic E-state index is 0.130. The van der Waals surface area contributed by atoms with Crippen molar-refractivity contribution >= 4 is 28.9 Å².